The molecule has 0 fully saturated rings. The monoisotopic (exact) mass is 312 g/mol. The highest BCUT2D eigenvalue weighted by atomic mass is 79.9. The minimum absolute atomic E-state index is 0.675. The zero-order valence-electron chi connectivity index (χ0n) is 11.0. The Morgan fingerprint density at radius 3 is 2.63 bits per heavy atom. The van der Waals surface area contributed by atoms with Crippen molar-refractivity contribution >= 4 is 15.9 Å². The molecule has 0 saturated carbocycles. The van der Waals surface area contributed by atoms with Crippen molar-refractivity contribution in [1.29, 1.82) is 0 Å². The molecule has 0 spiro atoms. The Morgan fingerprint density at radius 1 is 0.789 bits per heavy atom. The number of aryl methyl sites for hydroxylation is 1. The smallest absolute Gasteiger partial charge is 0.0189 e. The van der Waals surface area contributed by atoms with Crippen LogP contribution in [0.5, 0.6) is 0 Å². The minimum Gasteiger partial charge on any atom is -0.0887 e. The molecule has 0 nitrogen and oxygen atoms in total. The zero-order chi connectivity index (χ0) is 12.8. The van der Waals surface area contributed by atoms with Gasteiger partial charge in [0.25, 0.3) is 0 Å². The molecule has 0 radical (unpaired) electrons. The van der Waals surface area contributed by atoms with E-state index in [4.69, 9.17) is 0 Å². The van der Waals surface area contributed by atoms with Crippen LogP contribution in [0.2, 0.25) is 0 Å². The largest absolute Gasteiger partial charge is 0.0887 e. The third-order valence-corrected chi connectivity index (χ3v) is 5.41. The fraction of sp³-hybridized carbons (Fsp3) is 0.333. The van der Waals surface area contributed by atoms with Crippen molar-refractivity contribution in [3.8, 4) is 11.1 Å². The molecule has 0 heterocycles. The van der Waals surface area contributed by atoms with Gasteiger partial charge >= 0.3 is 0 Å². The number of benzene rings is 2. The van der Waals surface area contributed by atoms with Gasteiger partial charge in [0, 0.05) is 4.83 Å². The number of hydrogen-bond acceptors (Lipinski definition) is 0. The van der Waals surface area contributed by atoms with Gasteiger partial charge in [-0.05, 0) is 65.5 Å². The lowest BCUT2D eigenvalue weighted by molar-refractivity contribution is 0.701. The molecule has 19 heavy (non-hydrogen) atoms. The first-order valence-electron chi connectivity index (χ1n) is 7.19. The number of rotatable bonds is 0. The van der Waals surface area contributed by atoms with E-state index < -0.39 is 0 Å². The normalized spacial score (nSPS) is 20.4. The molecule has 2 aromatic rings. The van der Waals surface area contributed by atoms with Crippen molar-refractivity contribution in [1.82, 2.24) is 0 Å². The topological polar surface area (TPSA) is 0 Å². The second kappa shape index (κ2) is 4.49. The minimum atomic E-state index is 0.675. The summed E-state index contributed by atoms with van der Waals surface area (Å²) in [5.41, 5.74) is 9.34. The fourth-order valence-corrected chi connectivity index (χ4v) is 4.26. The van der Waals surface area contributed by atoms with Crippen LogP contribution >= 0.6 is 15.9 Å². The van der Waals surface area contributed by atoms with E-state index in [2.05, 4.69) is 52.3 Å². The van der Waals surface area contributed by atoms with Gasteiger partial charge in [-0.2, -0.15) is 0 Å². The summed E-state index contributed by atoms with van der Waals surface area (Å²) in [7, 11) is 0. The molecule has 0 bridgehead atoms. The molecule has 0 aromatic heterocycles. The lowest BCUT2D eigenvalue weighted by Crippen LogP contribution is -2.17. The number of alkyl halides is 1. The number of halogens is 1. The van der Waals surface area contributed by atoms with Crippen LogP contribution in [0, 0.1) is 0 Å². The molecule has 0 N–H and O–H groups in total. The van der Waals surface area contributed by atoms with Crippen molar-refractivity contribution in [2.75, 3.05) is 0 Å². The van der Waals surface area contributed by atoms with E-state index in [1.165, 1.54) is 48.8 Å². The predicted molar refractivity (Wildman–Crippen MR) is 84.0 cm³/mol. The molecule has 2 aromatic carbocycles. The number of fused-ring (bicyclic) bond motifs is 5. The molecule has 2 aliphatic rings. The molecular weight excluding hydrogens is 296 g/mol. The van der Waals surface area contributed by atoms with E-state index in [1.807, 2.05) is 0 Å². The van der Waals surface area contributed by atoms with Gasteiger partial charge in [0.05, 0.1) is 0 Å². The Kier molecular flexibility index (Phi) is 2.77. The zero-order valence-corrected chi connectivity index (χ0v) is 12.5. The summed E-state index contributed by atoms with van der Waals surface area (Å²) in [4.78, 5) is 0.675. The maximum absolute atomic E-state index is 3.78. The summed E-state index contributed by atoms with van der Waals surface area (Å²) in [5.74, 6) is 0. The maximum Gasteiger partial charge on any atom is 0.0189 e. The first kappa shape index (κ1) is 11.7. The van der Waals surface area contributed by atoms with Gasteiger partial charge in [0.1, 0.15) is 0 Å². The molecule has 2 aliphatic carbocycles. The Hall–Kier alpha value is -1.08. The summed E-state index contributed by atoms with van der Waals surface area (Å²) >= 11 is 3.78. The Balaban J connectivity index is 1.91. The van der Waals surface area contributed by atoms with Crippen LogP contribution in [0.15, 0.2) is 36.4 Å². The third-order valence-electron chi connectivity index (χ3n) is 4.63. The summed E-state index contributed by atoms with van der Waals surface area (Å²) in [6.45, 7) is 0. The van der Waals surface area contributed by atoms with Crippen molar-refractivity contribution in [2.45, 2.75) is 36.9 Å². The highest BCUT2D eigenvalue weighted by Crippen LogP contribution is 2.39. The Bertz CT molecular complexity index is 642. The van der Waals surface area contributed by atoms with Crippen LogP contribution < -0.4 is 0 Å². The van der Waals surface area contributed by atoms with E-state index in [9.17, 15) is 0 Å². The summed E-state index contributed by atoms with van der Waals surface area (Å²) in [6, 6.07) is 13.6. The van der Waals surface area contributed by atoms with Crippen LogP contribution in [0.3, 0.4) is 0 Å². The molecule has 1 heteroatoms. The van der Waals surface area contributed by atoms with Gasteiger partial charge in [0.15, 0.2) is 0 Å². The lowest BCUT2D eigenvalue weighted by Gasteiger charge is -2.28. The molecule has 96 valence electrons. The molecule has 1 atom stereocenters. The summed E-state index contributed by atoms with van der Waals surface area (Å²) in [5, 5.41) is 0. The third kappa shape index (κ3) is 1.87. The molecule has 0 aliphatic heterocycles. The van der Waals surface area contributed by atoms with Gasteiger partial charge in [0.2, 0.25) is 0 Å². The van der Waals surface area contributed by atoms with E-state index in [1.54, 1.807) is 16.7 Å². The van der Waals surface area contributed by atoms with Gasteiger partial charge in [-0.1, -0.05) is 52.3 Å². The van der Waals surface area contributed by atoms with E-state index in [0.29, 0.717) is 4.83 Å². The second-order valence-corrected chi connectivity index (χ2v) is 7.02. The average molecular weight is 313 g/mol. The molecular formula is C18H17Br. The predicted octanol–water partition coefficient (Wildman–Crippen LogP) is 4.70. The van der Waals surface area contributed by atoms with Crippen molar-refractivity contribution in [3.05, 3.63) is 58.7 Å². The Morgan fingerprint density at radius 2 is 1.68 bits per heavy atom. The average Bonchev–Trinajstić information content (AvgIpc) is 2.46. The second-order valence-electron chi connectivity index (χ2n) is 5.73. The van der Waals surface area contributed by atoms with E-state index in [0.717, 1.165) is 0 Å². The lowest BCUT2D eigenvalue weighted by atomic mass is 9.78. The van der Waals surface area contributed by atoms with Crippen LogP contribution in [-0.2, 0) is 25.7 Å². The van der Waals surface area contributed by atoms with Gasteiger partial charge in [-0.15, -0.1) is 0 Å². The first-order chi connectivity index (χ1) is 9.33. The van der Waals surface area contributed by atoms with E-state index in [-0.39, 0.29) is 0 Å². The standard InChI is InChI=1S/C18H17Br/c19-14-7-10-16-13(11-14)6-9-17-15-4-2-1-3-12(15)5-8-18(16)17/h1-4,6,9,14H,5,7-8,10-11H2. The highest BCUT2D eigenvalue weighted by molar-refractivity contribution is 9.09. The molecule has 4 rings (SSSR count). The molecule has 0 amide bonds. The first-order valence-corrected chi connectivity index (χ1v) is 8.10. The van der Waals surface area contributed by atoms with Crippen molar-refractivity contribution in [3.63, 3.8) is 0 Å². The van der Waals surface area contributed by atoms with Crippen LogP contribution in [-0.4, -0.2) is 4.83 Å². The van der Waals surface area contributed by atoms with Crippen LogP contribution in [0.1, 0.15) is 28.7 Å². The maximum atomic E-state index is 3.78. The highest BCUT2D eigenvalue weighted by Gasteiger charge is 2.24. The van der Waals surface area contributed by atoms with Crippen LogP contribution in [0.4, 0.5) is 0 Å². The SMILES string of the molecule is BrC1CCc2c(ccc3c2CCc2ccccc2-3)C1. The van der Waals surface area contributed by atoms with Crippen molar-refractivity contribution < 1.29 is 0 Å². The van der Waals surface area contributed by atoms with Gasteiger partial charge < -0.3 is 0 Å². The molecule has 0 saturated heterocycles. The van der Waals surface area contributed by atoms with Gasteiger partial charge in [-0.25, -0.2) is 0 Å². The summed E-state index contributed by atoms with van der Waals surface area (Å²) in [6.07, 6.45) is 6.16. The quantitative estimate of drug-likeness (QED) is 0.618. The van der Waals surface area contributed by atoms with E-state index >= 15 is 0 Å². The number of hydrogen-bond donors (Lipinski definition) is 0. The van der Waals surface area contributed by atoms with Crippen LogP contribution in [0.25, 0.3) is 11.1 Å². The summed E-state index contributed by atoms with van der Waals surface area (Å²) < 4.78 is 0. The molecule has 1 unspecified atom stereocenters. The van der Waals surface area contributed by atoms with Gasteiger partial charge in [-0.3, -0.25) is 0 Å². The fourth-order valence-electron chi connectivity index (χ4n) is 3.68. The van der Waals surface area contributed by atoms with Crippen molar-refractivity contribution in [2.24, 2.45) is 0 Å². The Labute approximate surface area is 123 Å².